The van der Waals surface area contributed by atoms with Crippen molar-refractivity contribution < 1.29 is 50.5 Å². The predicted octanol–water partition coefficient (Wildman–Crippen LogP) is 2.04. The summed E-state index contributed by atoms with van der Waals surface area (Å²) in [4.78, 5) is 33.9. The SMILES string of the molecule is CC(CF)OC(=O)CC(OC=O)(C(=O)OC(C)(C)CF)C(F)(F)F. The van der Waals surface area contributed by atoms with Crippen LogP contribution in [0.1, 0.15) is 27.2 Å². The standard InChI is InChI=1S/C13H17F5O6/c1-8(5-14)23-9(20)4-12(22-7-19,13(16,17)18)10(21)24-11(2,3)6-15/h7-8H,4-6H2,1-3H3. The molecular formula is C13H17F5O6. The number of rotatable bonds is 9. The van der Waals surface area contributed by atoms with Crippen LogP contribution in [0, 0.1) is 0 Å². The third-order valence-electron chi connectivity index (χ3n) is 2.67. The Morgan fingerprint density at radius 3 is 2.08 bits per heavy atom. The van der Waals surface area contributed by atoms with Gasteiger partial charge in [0.1, 0.15) is 31.5 Å². The zero-order valence-electron chi connectivity index (χ0n) is 13.1. The maximum atomic E-state index is 13.3. The number of carbonyl (C=O) groups excluding carboxylic acids is 3. The molecule has 0 aliphatic carbocycles. The average molecular weight is 364 g/mol. The summed E-state index contributed by atoms with van der Waals surface area (Å²) in [5.74, 6) is -3.86. The Morgan fingerprint density at radius 1 is 1.17 bits per heavy atom. The van der Waals surface area contributed by atoms with Crippen LogP contribution in [-0.2, 0) is 28.6 Å². The van der Waals surface area contributed by atoms with Gasteiger partial charge in [-0.2, -0.15) is 13.2 Å². The van der Waals surface area contributed by atoms with Crippen LogP contribution in [-0.4, -0.2) is 55.2 Å². The van der Waals surface area contributed by atoms with E-state index < -0.39 is 61.7 Å². The topological polar surface area (TPSA) is 78.9 Å². The molecule has 0 aliphatic rings. The Bertz CT molecular complexity index is 464. The smallest absolute Gasteiger partial charge is 0.440 e. The van der Waals surface area contributed by atoms with Crippen molar-refractivity contribution in [3.05, 3.63) is 0 Å². The molecule has 0 heterocycles. The van der Waals surface area contributed by atoms with Gasteiger partial charge in [0.15, 0.2) is 0 Å². The number of hydrogen-bond donors (Lipinski definition) is 0. The van der Waals surface area contributed by atoms with E-state index in [9.17, 15) is 36.3 Å². The van der Waals surface area contributed by atoms with Gasteiger partial charge in [0.25, 0.3) is 6.47 Å². The van der Waals surface area contributed by atoms with Crippen LogP contribution in [0.25, 0.3) is 0 Å². The lowest BCUT2D eigenvalue weighted by atomic mass is 9.98. The second kappa shape index (κ2) is 8.25. The maximum absolute atomic E-state index is 13.3. The summed E-state index contributed by atoms with van der Waals surface area (Å²) in [6, 6.07) is 0. The molecule has 2 atom stereocenters. The van der Waals surface area contributed by atoms with Crippen molar-refractivity contribution in [3.63, 3.8) is 0 Å². The number of alkyl halides is 5. The molecule has 0 fully saturated rings. The Hall–Kier alpha value is -1.94. The van der Waals surface area contributed by atoms with Crippen LogP contribution in [0.15, 0.2) is 0 Å². The second-order valence-corrected chi connectivity index (χ2v) is 5.45. The molecule has 11 heteroatoms. The number of halogens is 5. The predicted molar refractivity (Wildman–Crippen MR) is 68.2 cm³/mol. The Morgan fingerprint density at radius 2 is 1.71 bits per heavy atom. The normalized spacial score (nSPS) is 15.8. The molecule has 24 heavy (non-hydrogen) atoms. The first-order chi connectivity index (χ1) is 10.8. The summed E-state index contributed by atoms with van der Waals surface area (Å²) in [5, 5.41) is 0. The Balaban J connectivity index is 5.69. The average Bonchev–Trinajstić information content (AvgIpc) is 2.44. The van der Waals surface area contributed by atoms with Crippen LogP contribution in [0.5, 0.6) is 0 Å². The van der Waals surface area contributed by atoms with Crippen molar-refractivity contribution in [3.8, 4) is 0 Å². The molecule has 0 rings (SSSR count). The minimum Gasteiger partial charge on any atom is -0.460 e. The fourth-order valence-electron chi connectivity index (χ4n) is 1.39. The van der Waals surface area contributed by atoms with E-state index in [1.165, 1.54) is 0 Å². The van der Waals surface area contributed by atoms with Gasteiger partial charge in [0.05, 0.1) is 0 Å². The highest BCUT2D eigenvalue weighted by Gasteiger charge is 2.66. The molecule has 0 saturated heterocycles. The molecule has 6 nitrogen and oxygen atoms in total. The molecule has 140 valence electrons. The van der Waals surface area contributed by atoms with Crippen LogP contribution in [0.2, 0.25) is 0 Å². The van der Waals surface area contributed by atoms with Crippen molar-refractivity contribution in [2.75, 3.05) is 13.3 Å². The first-order valence-corrected chi connectivity index (χ1v) is 6.58. The first-order valence-electron chi connectivity index (χ1n) is 6.58. The minimum atomic E-state index is -5.57. The van der Waals surface area contributed by atoms with Gasteiger partial charge in [-0.1, -0.05) is 0 Å². The van der Waals surface area contributed by atoms with Gasteiger partial charge < -0.3 is 14.2 Å². The van der Waals surface area contributed by atoms with Crippen LogP contribution < -0.4 is 0 Å². The molecule has 0 N–H and O–H groups in total. The molecule has 0 saturated carbocycles. The van der Waals surface area contributed by atoms with Gasteiger partial charge in [-0.15, -0.1) is 0 Å². The molecule has 0 radical (unpaired) electrons. The third-order valence-corrected chi connectivity index (χ3v) is 2.67. The summed E-state index contributed by atoms with van der Waals surface area (Å²) in [7, 11) is 0. The number of ether oxygens (including phenoxy) is 3. The molecule has 2 unspecified atom stereocenters. The van der Waals surface area contributed by atoms with Crippen LogP contribution in [0.3, 0.4) is 0 Å². The molecule has 0 aliphatic heterocycles. The van der Waals surface area contributed by atoms with E-state index in [0.29, 0.717) is 0 Å². The van der Waals surface area contributed by atoms with E-state index in [-0.39, 0.29) is 0 Å². The quantitative estimate of drug-likeness (QED) is 0.270. The molecule has 0 spiro atoms. The molecule has 0 amide bonds. The lowest BCUT2D eigenvalue weighted by Crippen LogP contribution is -2.58. The summed E-state index contributed by atoms with van der Waals surface area (Å²) in [6.45, 7) is -0.232. The monoisotopic (exact) mass is 364 g/mol. The largest absolute Gasteiger partial charge is 0.460 e. The van der Waals surface area contributed by atoms with Gasteiger partial charge in [-0.3, -0.25) is 9.59 Å². The molecule has 0 bridgehead atoms. The zero-order valence-corrected chi connectivity index (χ0v) is 13.1. The van der Waals surface area contributed by atoms with Gasteiger partial charge in [-0.25, -0.2) is 13.6 Å². The minimum absolute atomic E-state index is 0.705. The Labute approximate surface area is 134 Å². The van der Waals surface area contributed by atoms with E-state index in [1.54, 1.807) is 0 Å². The lowest BCUT2D eigenvalue weighted by molar-refractivity contribution is -0.273. The highest BCUT2D eigenvalue weighted by atomic mass is 19.4. The highest BCUT2D eigenvalue weighted by molar-refractivity contribution is 5.88. The van der Waals surface area contributed by atoms with E-state index in [1.807, 2.05) is 0 Å². The van der Waals surface area contributed by atoms with Gasteiger partial charge in [0.2, 0.25) is 0 Å². The molecular weight excluding hydrogens is 347 g/mol. The summed E-state index contributed by atoms with van der Waals surface area (Å²) in [5.41, 5.74) is -6.00. The summed E-state index contributed by atoms with van der Waals surface area (Å²) < 4.78 is 77.4. The fourth-order valence-corrected chi connectivity index (χ4v) is 1.39. The van der Waals surface area contributed by atoms with Crippen molar-refractivity contribution in [1.82, 2.24) is 0 Å². The van der Waals surface area contributed by atoms with Crippen LogP contribution >= 0.6 is 0 Å². The molecule has 0 aromatic heterocycles. The second-order valence-electron chi connectivity index (χ2n) is 5.45. The maximum Gasteiger partial charge on any atom is 0.440 e. The third kappa shape index (κ3) is 5.60. The van der Waals surface area contributed by atoms with Gasteiger partial charge >= 0.3 is 23.7 Å². The number of esters is 2. The summed E-state index contributed by atoms with van der Waals surface area (Å²) >= 11 is 0. The zero-order chi connectivity index (χ0) is 19.2. The highest BCUT2D eigenvalue weighted by Crippen LogP contribution is 2.38. The van der Waals surface area contributed by atoms with E-state index in [0.717, 1.165) is 20.8 Å². The lowest BCUT2D eigenvalue weighted by Gasteiger charge is -2.33. The van der Waals surface area contributed by atoms with Crippen LogP contribution in [0.4, 0.5) is 22.0 Å². The molecule has 0 aromatic carbocycles. The number of carbonyl (C=O) groups is 3. The van der Waals surface area contributed by atoms with Crippen molar-refractivity contribution in [2.45, 2.75) is 50.7 Å². The van der Waals surface area contributed by atoms with E-state index in [2.05, 4.69) is 14.2 Å². The van der Waals surface area contributed by atoms with Crippen molar-refractivity contribution in [1.29, 1.82) is 0 Å². The van der Waals surface area contributed by atoms with Gasteiger partial charge in [-0.05, 0) is 20.8 Å². The number of hydrogen-bond acceptors (Lipinski definition) is 6. The fraction of sp³-hybridized carbons (Fsp3) is 0.769. The Kier molecular flexibility index (Phi) is 7.58. The molecule has 0 aromatic rings. The van der Waals surface area contributed by atoms with Crippen molar-refractivity contribution in [2.24, 2.45) is 0 Å². The van der Waals surface area contributed by atoms with E-state index >= 15 is 0 Å². The first kappa shape index (κ1) is 22.1. The summed E-state index contributed by atoms with van der Waals surface area (Å²) in [6.07, 6.45) is -8.76. The van der Waals surface area contributed by atoms with Crippen molar-refractivity contribution >= 4 is 18.4 Å². The van der Waals surface area contributed by atoms with Gasteiger partial charge in [0, 0.05) is 0 Å². The van der Waals surface area contributed by atoms with E-state index in [4.69, 9.17) is 0 Å².